The van der Waals surface area contributed by atoms with Gasteiger partial charge in [-0.15, -0.1) is 24.0 Å². The van der Waals surface area contributed by atoms with E-state index in [4.69, 9.17) is 0 Å². The summed E-state index contributed by atoms with van der Waals surface area (Å²) in [5.74, 6) is 0.876. The number of imide groups is 1. The molecule has 9 heteroatoms. The van der Waals surface area contributed by atoms with E-state index in [9.17, 15) is 9.59 Å². The number of urea groups is 1. The van der Waals surface area contributed by atoms with Gasteiger partial charge in [-0.2, -0.15) is 0 Å². The van der Waals surface area contributed by atoms with Crippen LogP contribution in [-0.4, -0.2) is 79.6 Å². The molecule has 3 fully saturated rings. The van der Waals surface area contributed by atoms with Crippen molar-refractivity contribution >= 4 is 41.9 Å². The maximum atomic E-state index is 12.1. The van der Waals surface area contributed by atoms with Crippen molar-refractivity contribution in [2.75, 3.05) is 46.3 Å². The number of rotatable bonds is 4. The van der Waals surface area contributed by atoms with Crippen LogP contribution in [0, 0.1) is 5.92 Å². The average molecular weight is 464 g/mol. The Morgan fingerprint density at radius 2 is 1.96 bits per heavy atom. The largest absolute Gasteiger partial charge is 0.355 e. The summed E-state index contributed by atoms with van der Waals surface area (Å²) in [6.07, 6.45) is 3.03. The lowest BCUT2D eigenvalue weighted by Crippen LogP contribution is -2.55. The van der Waals surface area contributed by atoms with E-state index in [1.165, 1.54) is 19.5 Å². The molecule has 3 N–H and O–H groups in total. The maximum Gasteiger partial charge on any atom is 0.322 e. The lowest BCUT2D eigenvalue weighted by Gasteiger charge is -2.40. The van der Waals surface area contributed by atoms with Gasteiger partial charge in [-0.05, 0) is 45.2 Å². The molecule has 1 atom stereocenters. The van der Waals surface area contributed by atoms with E-state index in [0.717, 1.165) is 45.0 Å². The van der Waals surface area contributed by atoms with Crippen LogP contribution in [0.3, 0.4) is 0 Å². The van der Waals surface area contributed by atoms with Gasteiger partial charge in [0.05, 0.1) is 0 Å². The van der Waals surface area contributed by atoms with Crippen LogP contribution in [0.15, 0.2) is 4.99 Å². The first-order valence-electron chi connectivity index (χ1n) is 8.84. The summed E-state index contributed by atoms with van der Waals surface area (Å²) < 4.78 is 0. The number of piperidine rings is 1. The van der Waals surface area contributed by atoms with Gasteiger partial charge in [0, 0.05) is 33.2 Å². The minimum absolute atomic E-state index is 0. The Bertz CT molecular complexity index is 531. The highest BCUT2D eigenvalue weighted by atomic mass is 127. The van der Waals surface area contributed by atoms with E-state index < -0.39 is 5.54 Å². The summed E-state index contributed by atoms with van der Waals surface area (Å²) >= 11 is 0. The molecule has 3 amide bonds. The number of guanidine groups is 1. The molecule has 0 bridgehead atoms. The summed E-state index contributed by atoms with van der Waals surface area (Å²) in [5, 5.41) is 8.59. The Balaban J connectivity index is 0.00000225. The predicted molar refractivity (Wildman–Crippen MR) is 107 cm³/mol. The topological polar surface area (TPSA) is 89.1 Å². The third-order valence-corrected chi connectivity index (χ3v) is 5.55. The zero-order valence-corrected chi connectivity index (χ0v) is 17.3. The van der Waals surface area contributed by atoms with E-state index in [2.05, 4.69) is 30.7 Å². The van der Waals surface area contributed by atoms with Gasteiger partial charge in [0.1, 0.15) is 5.54 Å². The molecule has 3 heterocycles. The second-order valence-corrected chi connectivity index (χ2v) is 7.04. The van der Waals surface area contributed by atoms with Crippen molar-refractivity contribution in [3.05, 3.63) is 0 Å². The summed E-state index contributed by atoms with van der Waals surface area (Å²) in [6.45, 7) is 7.88. The molecule has 1 unspecified atom stereocenters. The zero-order chi connectivity index (χ0) is 17.2. The Kier molecular flexibility index (Phi) is 6.89. The van der Waals surface area contributed by atoms with Gasteiger partial charge < -0.3 is 20.4 Å². The SMILES string of the molecule is CN=C(NCCN1CCC1)N1CCC(C2(C)NC(=O)NC2=O)CC1.I. The highest BCUT2D eigenvalue weighted by molar-refractivity contribution is 14.0. The lowest BCUT2D eigenvalue weighted by atomic mass is 9.79. The van der Waals surface area contributed by atoms with E-state index in [1.54, 1.807) is 0 Å². The second kappa shape index (κ2) is 8.52. The first-order chi connectivity index (χ1) is 11.5. The molecule has 0 spiro atoms. The van der Waals surface area contributed by atoms with E-state index in [0.29, 0.717) is 0 Å². The second-order valence-electron chi connectivity index (χ2n) is 7.04. The highest BCUT2D eigenvalue weighted by Gasteiger charge is 2.48. The molecule has 3 aliphatic heterocycles. The van der Waals surface area contributed by atoms with Crippen molar-refractivity contribution in [1.29, 1.82) is 0 Å². The number of carbonyl (C=O) groups is 2. The molecule has 8 nitrogen and oxygen atoms in total. The highest BCUT2D eigenvalue weighted by Crippen LogP contribution is 2.30. The Hall–Kier alpha value is -1.10. The van der Waals surface area contributed by atoms with Gasteiger partial charge >= 0.3 is 6.03 Å². The predicted octanol–water partition coefficient (Wildman–Crippen LogP) is 0.196. The van der Waals surface area contributed by atoms with Gasteiger partial charge in [0.25, 0.3) is 5.91 Å². The summed E-state index contributed by atoms with van der Waals surface area (Å²) in [6, 6.07) is -0.381. The third-order valence-electron chi connectivity index (χ3n) is 5.55. The van der Waals surface area contributed by atoms with Crippen LogP contribution in [0.2, 0.25) is 0 Å². The first-order valence-corrected chi connectivity index (χ1v) is 8.84. The molecule has 0 saturated carbocycles. The van der Waals surface area contributed by atoms with Gasteiger partial charge in [-0.25, -0.2) is 4.79 Å². The molecule has 142 valence electrons. The maximum absolute atomic E-state index is 12.1. The number of likely N-dealkylation sites (tertiary alicyclic amines) is 2. The number of carbonyl (C=O) groups excluding carboxylic acids is 2. The number of nitrogens with zero attached hydrogens (tertiary/aromatic N) is 3. The fourth-order valence-corrected chi connectivity index (χ4v) is 3.78. The van der Waals surface area contributed by atoms with E-state index >= 15 is 0 Å². The molecule has 3 aliphatic rings. The normalized spacial score (nSPS) is 28.1. The first kappa shape index (κ1) is 20.2. The molecule has 0 radical (unpaired) electrons. The summed E-state index contributed by atoms with van der Waals surface area (Å²) in [4.78, 5) is 32.6. The van der Waals surface area contributed by atoms with Crippen LogP contribution in [0.1, 0.15) is 26.2 Å². The van der Waals surface area contributed by atoms with Crippen LogP contribution < -0.4 is 16.0 Å². The molecular formula is C16H29IN6O2. The number of amides is 3. The molecule has 25 heavy (non-hydrogen) atoms. The Morgan fingerprint density at radius 3 is 2.44 bits per heavy atom. The standard InChI is InChI=1S/C16H28N6O2.HI/c1-16(13(23)19-15(24)20-16)12-4-9-22(10-5-12)14(17-2)18-6-11-21-7-3-8-21;/h12H,3-11H2,1-2H3,(H,17,18)(H2,19,20,23,24);1H. The molecule has 0 aromatic heterocycles. The Morgan fingerprint density at radius 1 is 1.28 bits per heavy atom. The summed E-state index contributed by atoms with van der Waals surface area (Å²) in [5.41, 5.74) is -0.780. The molecule has 3 rings (SSSR count). The molecule has 0 aromatic carbocycles. The van der Waals surface area contributed by atoms with E-state index in [-0.39, 0.29) is 41.8 Å². The quantitative estimate of drug-likeness (QED) is 0.240. The van der Waals surface area contributed by atoms with Crippen molar-refractivity contribution in [1.82, 2.24) is 25.8 Å². The van der Waals surface area contributed by atoms with Crippen LogP contribution in [-0.2, 0) is 4.79 Å². The Labute approximate surface area is 166 Å². The van der Waals surface area contributed by atoms with Gasteiger partial charge in [-0.1, -0.05) is 0 Å². The summed E-state index contributed by atoms with van der Waals surface area (Å²) in [7, 11) is 1.81. The van der Waals surface area contributed by atoms with Crippen molar-refractivity contribution in [2.45, 2.75) is 31.7 Å². The fraction of sp³-hybridized carbons (Fsp3) is 0.812. The van der Waals surface area contributed by atoms with Crippen LogP contribution in [0.5, 0.6) is 0 Å². The van der Waals surface area contributed by atoms with Gasteiger partial charge in [0.15, 0.2) is 5.96 Å². The molecule has 0 aromatic rings. The van der Waals surface area contributed by atoms with E-state index in [1.807, 2.05) is 14.0 Å². The van der Waals surface area contributed by atoms with Crippen molar-refractivity contribution in [3.8, 4) is 0 Å². The van der Waals surface area contributed by atoms with Gasteiger partial charge in [0.2, 0.25) is 0 Å². The number of aliphatic imine (C=N–C) groups is 1. The van der Waals surface area contributed by atoms with Crippen LogP contribution in [0.25, 0.3) is 0 Å². The molecule has 0 aliphatic carbocycles. The minimum Gasteiger partial charge on any atom is -0.355 e. The van der Waals surface area contributed by atoms with Crippen molar-refractivity contribution in [2.24, 2.45) is 10.9 Å². The van der Waals surface area contributed by atoms with Crippen molar-refractivity contribution < 1.29 is 9.59 Å². The van der Waals surface area contributed by atoms with Crippen LogP contribution in [0.4, 0.5) is 4.79 Å². The third kappa shape index (κ3) is 4.36. The number of halogens is 1. The smallest absolute Gasteiger partial charge is 0.322 e. The van der Waals surface area contributed by atoms with Crippen molar-refractivity contribution in [3.63, 3.8) is 0 Å². The fourth-order valence-electron chi connectivity index (χ4n) is 3.78. The molecular weight excluding hydrogens is 435 g/mol. The number of nitrogens with one attached hydrogen (secondary N) is 3. The lowest BCUT2D eigenvalue weighted by molar-refractivity contribution is -0.125. The number of hydrogen-bond acceptors (Lipinski definition) is 4. The molecule has 3 saturated heterocycles. The zero-order valence-electron chi connectivity index (χ0n) is 15.0. The average Bonchev–Trinajstić information content (AvgIpc) is 2.79. The minimum atomic E-state index is -0.780. The monoisotopic (exact) mass is 464 g/mol. The number of hydrogen-bond donors (Lipinski definition) is 3. The van der Waals surface area contributed by atoms with Crippen LogP contribution >= 0.6 is 24.0 Å². The van der Waals surface area contributed by atoms with Gasteiger partial charge in [-0.3, -0.25) is 15.1 Å².